The summed E-state index contributed by atoms with van der Waals surface area (Å²) in [5, 5.41) is 5.96. The van der Waals surface area contributed by atoms with Crippen molar-refractivity contribution in [2.75, 3.05) is 36.5 Å². The molecule has 0 saturated carbocycles. The first kappa shape index (κ1) is 24.1. The highest BCUT2D eigenvalue weighted by Gasteiger charge is 2.21. The van der Waals surface area contributed by atoms with Crippen LogP contribution in [0.15, 0.2) is 24.7 Å². The van der Waals surface area contributed by atoms with Gasteiger partial charge in [0.15, 0.2) is 21.5 Å². The van der Waals surface area contributed by atoms with Gasteiger partial charge >= 0.3 is 0 Å². The summed E-state index contributed by atoms with van der Waals surface area (Å²) in [7, 11) is -1.44. The van der Waals surface area contributed by atoms with Crippen LogP contribution in [0.4, 0.5) is 26.2 Å². The van der Waals surface area contributed by atoms with Crippen LogP contribution in [0.25, 0.3) is 11.0 Å². The molecule has 182 valence electrons. The summed E-state index contributed by atoms with van der Waals surface area (Å²) in [6, 6.07) is 2.40. The maximum atomic E-state index is 15.2. The third-order valence-corrected chi connectivity index (χ3v) is 7.52. The quantitative estimate of drug-likeness (QED) is 0.490. The number of halogens is 2. The predicted octanol–water partition coefficient (Wildman–Crippen LogP) is 3.27. The highest BCUT2D eigenvalue weighted by atomic mass is 32.2. The fourth-order valence-corrected chi connectivity index (χ4v) is 5.37. The van der Waals surface area contributed by atoms with Crippen molar-refractivity contribution in [1.29, 1.82) is 0 Å². The van der Waals surface area contributed by atoms with E-state index >= 15 is 4.39 Å². The van der Waals surface area contributed by atoms with Gasteiger partial charge in [-0.15, -0.1) is 0 Å². The molecule has 1 saturated heterocycles. The second-order valence-corrected chi connectivity index (χ2v) is 10.7. The number of anilines is 3. The van der Waals surface area contributed by atoms with Crippen molar-refractivity contribution in [3.8, 4) is 0 Å². The maximum Gasteiger partial charge on any atom is 0.223 e. The normalized spacial score (nSPS) is 15.5. The Morgan fingerprint density at radius 1 is 1.15 bits per heavy atom. The molecule has 9 nitrogen and oxygen atoms in total. The summed E-state index contributed by atoms with van der Waals surface area (Å²) >= 11 is 0. The zero-order valence-corrected chi connectivity index (χ0v) is 19.9. The van der Waals surface area contributed by atoms with Crippen molar-refractivity contribution in [3.63, 3.8) is 0 Å². The van der Waals surface area contributed by atoms with E-state index in [0.29, 0.717) is 17.9 Å². The number of likely N-dealkylation sites (tertiary alicyclic amines) is 1. The van der Waals surface area contributed by atoms with Crippen LogP contribution in [0.1, 0.15) is 31.7 Å². The Bertz CT molecular complexity index is 1280. The van der Waals surface area contributed by atoms with Crippen molar-refractivity contribution in [3.05, 3.63) is 41.9 Å². The summed E-state index contributed by atoms with van der Waals surface area (Å²) in [6.45, 7) is 3.65. The van der Waals surface area contributed by atoms with Crippen LogP contribution in [0, 0.1) is 11.6 Å². The van der Waals surface area contributed by atoms with Crippen LogP contribution in [0.3, 0.4) is 0 Å². The van der Waals surface area contributed by atoms with Crippen molar-refractivity contribution in [2.24, 2.45) is 0 Å². The van der Waals surface area contributed by atoms with Gasteiger partial charge in [0.1, 0.15) is 28.9 Å². The Hall–Kier alpha value is -2.99. The van der Waals surface area contributed by atoms with Crippen molar-refractivity contribution < 1.29 is 17.2 Å². The van der Waals surface area contributed by atoms with Crippen molar-refractivity contribution >= 4 is 38.3 Å². The van der Waals surface area contributed by atoms with Gasteiger partial charge in [-0.3, -0.25) is 0 Å². The van der Waals surface area contributed by atoms with Crippen LogP contribution >= 0.6 is 0 Å². The van der Waals surface area contributed by atoms with E-state index in [0.717, 1.165) is 38.1 Å². The molecule has 34 heavy (non-hydrogen) atoms. The van der Waals surface area contributed by atoms with Gasteiger partial charge in [0.05, 0.1) is 17.7 Å². The zero-order chi connectivity index (χ0) is 24.3. The predicted molar refractivity (Wildman–Crippen MR) is 127 cm³/mol. The first-order valence-corrected chi connectivity index (χ1v) is 12.9. The summed E-state index contributed by atoms with van der Waals surface area (Å²) < 4.78 is 54.1. The molecule has 1 fully saturated rings. The van der Waals surface area contributed by atoms with E-state index in [9.17, 15) is 12.8 Å². The minimum Gasteiger partial charge on any atom is -0.351 e. The highest BCUT2D eigenvalue weighted by Crippen LogP contribution is 2.29. The molecule has 1 aliphatic heterocycles. The van der Waals surface area contributed by atoms with Crippen molar-refractivity contribution in [2.45, 2.75) is 38.0 Å². The number of fused-ring (bicyclic) bond motifs is 1. The molecule has 0 radical (unpaired) electrons. The van der Waals surface area contributed by atoms with Gasteiger partial charge in [0, 0.05) is 11.6 Å². The lowest BCUT2D eigenvalue weighted by Gasteiger charge is -2.29. The first-order valence-electron chi connectivity index (χ1n) is 11.1. The van der Waals surface area contributed by atoms with E-state index in [1.165, 1.54) is 12.5 Å². The lowest BCUT2D eigenvalue weighted by molar-refractivity contribution is 0.263. The van der Waals surface area contributed by atoms with E-state index in [4.69, 9.17) is 0 Å². The van der Waals surface area contributed by atoms with E-state index < -0.39 is 32.9 Å². The van der Waals surface area contributed by atoms with Gasteiger partial charge in [-0.1, -0.05) is 13.0 Å². The van der Waals surface area contributed by atoms with Crippen molar-refractivity contribution in [1.82, 2.24) is 24.8 Å². The largest absolute Gasteiger partial charge is 0.351 e. The molecular weight excluding hydrogens is 464 g/mol. The SMILES string of the molecule is CCCS(=O)(=O)Cc1ccc(F)c(Nc2ncnc3cnc(NC4CCN(C)CC4)nc23)c1F. The third-order valence-electron chi connectivity index (χ3n) is 5.73. The average Bonchev–Trinajstić information content (AvgIpc) is 2.80. The molecule has 0 atom stereocenters. The standard InChI is InChI=1S/C22H27F2N7O2S/c1-3-10-34(32,33)12-14-4-5-16(23)19(18(14)24)29-21-20-17(26-13-27-21)11-25-22(30-20)28-15-6-8-31(2)9-7-15/h4-5,11,13,15H,3,6-10,12H2,1-2H3,(H,25,28,30)(H,26,27,29). The first-order chi connectivity index (χ1) is 16.3. The minimum atomic E-state index is -3.52. The van der Waals surface area contributed by atoms with Gasteiger partial charge in [0.2, 0.25) is 5.95 Å². The van der Waals surface area contributed by atoms with Gasteiger partial charge in [-0.25, -0.2) is 37.1 Å². The number of benzene rings is 1. The Labute approximate surface area is 197 Å². The van der Waals surface area contributed by atoms with Crippen LogP contribution in [-0.4, -0.2) is 65.2 Å². The molecule has 3 aromatic rings. The van der Waals surface area contributed by atoms with Crippen LogP contribution in [-0.2, 0) is 15.6 Å². The average molecular weight is 492 g/mol. The molecule has 12 heteroatoms. The van der Waals surface area contributed by atoms with Gasteiger partial charge < -0.3 is 15.5 Å². The fraction of sp³-hybridized carbons (Fsp3) is 0.455. The number of hydrogen-bond acceptors (Lipinski definition) is 9. The smallest absolute Gasteiger partial charge is 0.223 e. The molecule has 0 amide bonds. The number of rotatable bonds is 8. The second kappa shape index (κ2) is 10.1. The highest BCUT2D eigenvalue weighted by molar-refractivity contribution is 7.90. The Kier molecular flexibility index (Phi) is 7.17. The molecular formula is C22H27F2N7O2S. The van der Waals surface area contributed by atoms with E-state index in [2.05, 4.69) is 42.5 Å². The zero-order valence-electron chi connectivity index (χ0n) is 19.1. The van der Waals surface area contributed by atoms with E-state index in [1.54, 1.807) is 6.92 Å². The fourth-order valence-electron chi connectivity index (χ4n) is 3.91. The van der Waals surface area contributed by atoms with E-state index in [-0.39, 0.29) is 28.7 Å². The lowest BCUT2D eigenvalue weighted by Crippen LogP contribution is -2.37. The van der Waals surface area contributed by atoms with Crippen LogP contribution < -0.4 is 10.6 Å². The summed E-state index contributed by atoms with van der Waals surface area (Å²) in [5.41, 5.74) is 0.0762. The lowest BCUT2D eigenvalue weighted by atomic mass is 10.1. The second-order valence-electron chi connectivity index (χ2n) is 8.48. The summed E-state index contributed by atoms with van der Waals surface area (Å²) in [4.78, 5) is 19.3. The molecule has 4 rings (SSSR count). The number of hydrogen-bond donors (Lipinski definition) is 2. The molecule has 2 aromatic heterocycles. The number of aromatic nitrogens is 4. The molecule has 1 aliphatic rings. The monoisotopic (exact) mass is 491 g/mol. The molecule has 3 heterocycles. The van der Waals surface area contributed by atoms with Gasteiger partial charge in [-0.05, 0) is 45.5 Å². The summed E-state index contributed by atoms with van der Waals surface area (Å²) in [5.74, 6) is -1.98. The van der Waals surface area contributed by atoms with Gasteiger partial charge in [0.25, 0.3) is 0 Å². The van der Waals surface area contributed by atoms with E-state index in [1.807, 2.05) is 0 Å². The Morgan fingerprint density at radius 2 is 1.91 bits per heavy atom. The molecule has 1 aromatic carbocycles. The van der Waals surface area contributed by atoms with Crippen LogP contribution in [0.2, 0.25) is 0 Å². The number of nitrogens with one attached hydrogen (secondary N) is 2. The third kappa shape index (κ3) is 5.55. The molecule has 0 unspecified atom stereocenters. The number of piperidine rings is 1. The Morgan fingerprint density at radius 3 is 2.65 bits per heavy atom. The molecule has 0 bridgehead atoms. The summed E-state index contributed by atoms with van der Waals surface area (Å²) in [6.07, 6.45) is 5.06. The molecule has 2 N–H and O–H groups in total. The van der Waals surface area contributed by atoms with Gasteiger partial charge in [-0.2, -0.15) is 0 Å². The topological polar surface area (TPSA) is 113 Å². The minimum absolute atomic E-state index is 0.0763. The number of sulfone groups is 1. The van der Waals surface area contributed by atoms with Crippen LogP contribution in [0.5, 0.6) is 0 Å². The Balaban J connectivity index is 1.63. The molecule has 0 aliphatic carbocycles. The molecule has 0 spiro atoms. The maximum absolute atomic E-state index is 15.2. The number of nitrogens with zero attached hydrogens (tertiary/aromatic N) is 5.